The predicted octanol–water partition coefficient (Wildman–Crippen LogP) is -1.38. The third-order valence-corrected chi connectivity index (χ3v) is 6.57. The van der Waals surface area contributed by atoms with Crippen LogP contribution in [0.25, 0.3) is 0 Å². The number of rotatable bonds is 40. The van der Waals surface area contributed by atoms with Crippen LogP contribution in [-0.2, 0) is 56.8 Å². The average molecular weight is 717 g/mol. The smallest absolute Gasteiger partial charge is 0.128 e. The molecule has 1 aliphatic rings. The van der Waals surface area contributed by atoms with Crippen LogP contribution >= 0.6 is 0 Å². The SMILES string of the molecule is COCCOCCOCCOCCOCCOCCOCCOCCOCCOCCOCCOCCNC(O)CCN1C(O)C=CC1O. The van der Waals surface area contributed by atoms with Gasteiger partial charge in [0.1, 0.15) is 18.7 Å². The summed E-state index contributed by atoms with van der Waals surface area (Å²) in [5, 5.41) is 32.3. The van der Waals surface area contributed by atoms with Crippen molar-refractivity contribution in [3.63, 3.8) is 0 Å². The number of methoxy groups -OCH3 is 1. The van der Waals surface area contributed by atoms with Gasteiger partial charge in [0.25, 0.3) is 0 Å². The quantitative estimate of drug-likeness (QED) is 0.0330. The largest absolute Gasteiger partial charge is 0.382 e. The summed E-state index contributed by atoms with van der Waals surface area (Å²) >= 11 is 0. The lowest BCUT2D eigenvalue weighted by atomic mass is 10.3. The summed E-state index contributed by atoms with van der Waals surface area (Å²) < 4.78 is 64.8. The third kappa shape index (κ3) is 31.5. The Morgan fingerprint density at radius 2 is 0.735 bits per heavy atom. The van der Waals surface area contributed by atoms with Gasteiger partial charge in [-0.1, -0.05) is 0 Å². The van der Waals surface area contributed by atoms with Crippen molar-refractivity contribution < 1.29 is 72.2 Å². The van der Waals surface area contributed by atoms with Crippen molar-refractivity contribution in [2.75, 3.05) is 172 Å². The van der Waals surface area contributed by atoms with Gasteiger partial charge in [0.05, 0.1) is 152 Å². The molecule has 0 aliphatic carbocycles. The molecular weight excluding hydrogens is 652 g/mol. The van der Waals surface area contributed by atoms with Gasteiger partial charge in [0.15, 0.2) is 0 Å². The number of hydrogen-bond acceptors (Lipinski definition) is 17. The number of hydrogen-bond donors (Lipinski definition) is 4. The van der Waals surface area contributed by atoms with Crippen LogP contribution in [0.5, 0.6) is 0 Å². The van der Waals surface area contributed by atoms with Crippen LogP contribution in [-0.4, -0.2) is 211 Å². The highest BCUT2D eigenvalue weighted by Crippen LogP contribution is 2.13. The zero-order valence-electron chi connectivity index (χ0n) is 29.5. The number of aliphatic hydroxyl groups is 3. The van der Waals surface area contributed by atoms with Crippen molar-refractivity contribution in [1.82, 2.24) is 10.2 Å². The van der Waals surface area contributed by atoms with Crippen LogP contribution in [0.3, 0.4) is 0 Å². The van der Waals surface area contributed by atoms with Crippen molar-refractivity contribution in [1.29, 1.82) is 0 Å². The molecule has 0 radical (unpaired) electrons. The van der Waals surface area contributed by atoms with E-state index in [1.807, 2.05) is 0 Å². The summed E-state index contributed by atoms with van der Waals surface area (Å²) in [5.74, 6) is 0. The molecule has 1 aliphatic heterocycles. The Labute approximate surface area is 291 Å². The molecule has 17 heteroatoms. The highest BCUT2D eigenvalue weighted by atomic mass is 16.6. The van der Waals surface area contributed by atoms with Crippen LogP contribution in [0.2, 0.25) is 0 Å². The summed E-state index contributed by atoms with van der Waals surface area (Å²) in [6.45, 7) is 12.3. The van der Waals surface area contributed by atoms with Crippen molar-refractivity contribution in [2.24, 2.45) is 0 Å². The van der Waals surface area contributed by atoms with Gasteiger partial charge in [-0.05, 0) is 18.6 Å². The predicted molar refractivity (Wildman–Crippen MR) is 177 cm³/mol. The summed E-state index contributed by atoms with van der Waals surface area (Å²) in [6, 6.07) is 0. The van der Waals surface area contributed by atoms with Gasteiger partial charge in [0, 0.05) is 20.2 Å². The molecule has 49 heavy (non-hydrogen) atoms. The minimum absolute atomic E-state index is 0.359. The number of nitrogens with one attached hydrogen (secondary N) is 1. The van der Waals surface area contributed by atoms with Gasteiger partial charge in [-0.2, -0.15) is 0 Å². The van der Waals surface area contributed by atoms with Crippen molar-refractivity contribution in [3.05, 3.63) is 12.2 Å². The molecule has 1 heterocycles. The average Bonchev–Trinajstić information content (AvgIpc) is 3.43. The second kappa shape index (κ2) is 36.8. The van der Waals surface area contributed by atoms with Crippen LogP contribution in [0, 0.1) is 0 Å². The Kier molecular flexibility index (Phi) is 34.6. The van der Waals surface area contributed by atoms with E-state index in [1.54, 1.807) is 7.11 Å². The van der Waals surface area contributed by atoms with Crippen molar-refractivity contribution >= 4 is 0 Å². The van der Waals surface area contributed by atoms with E-state index in [2.05, 4.69) is 5.32 Å². The van der Waals surface area contributed by atoms with Crippen molar-refractivity contribution in [2.45, 2.75) is 25.1 Å². The normalized spacial score (nSPS) is 17.1. The zero-order valence-corrected chi connectivity index (χ0v) is 29.5. The molecule has 1 rings (SSSR count). The van der Waals surface area contributed by atoms with Crippen molar-refractivity contribution in [3.8, 4) is 0 Å². The Hall–Kier alpha value is -0.940. The van der Waals surface area contributed by atoms with E-state index in [9.17, 15) is 15.3 Å². The topological polar surface area (TPSA) is 187 Å². The summed E-state index contributed by atoms with van der Waals surface area (Å²) in [7, 11) is 1.64. The highest BCUT2D eigenvalue weighted by Gasteiger charge is 2.25. The van der Waals surface area contributed by atoms with Gasteiger partial charge in [0.2, 0.25) is 0 Å². The molecule has 292 valence electrons. The molecule has 0 fully saturated rings. The van der Waals surface area contributed by atoms with E-state index in [4.69, 9.17) is 56.8 Å². The van der Waals surface area contributed by atoms with Crippen LogP contribution < -0.4 is 5.32 Å². The van der Waals surface area contributed by atoms with E-state index in [0.29, 0.717) is 171 Å². The van der Waals surface area contributed by atoms with E-state index >= 15 is 0 Å². The minimum atomic E-state index is -0.818. The van der Waals surface area contributed by atoms with Gasteiger partial charge in [-0.25, -0.2) is 4.90 Å². The van der Waals surface area contributed by atoms with Gasteiger partial charge in [-0.3, -0.25) is 5.32 Å². The molecule has 17 nitrogen and oxygen atoms in total. The summed E-state index contributed by atoms with van der Waals surface area (Å²) in [6.07, 6.45) is 1.02. The number of ether oxygens (including phenoxy) is 12. The summed E-state index contributed by atoms with van der Waals surface area (Å²) in [4.78, 5) is 1.48. The first-order valence-corrected chi connectivity index (χ1v) is 17.2. The van der Waals surface area contributed by atoms with Crippen LogP contribution in [0.4, 0.5) is 0 Å². The molecule has 0 aromatic rings. The second-order valence-corrected chi connectivity index (χ2v) is 10.4. The Bertz CT molecular complexity index is 689. The molecule has 3 unspecified atom stereocenters. The maximum absolute atomic E-state index is 9.96. The lowest BCUT2D eigenvalue weighted by Crippen LogP contribution is -2.41. The Morgan fingerprint density at radius 1 is 0.469 bits per heavy atom. The van der Waals surface area contributed by atoms with Gasteiger partial charge < -0.3 is 72.2 Å². The molecule has 0 aromatic heterocycles. The fraction of sp³-hybridized carbons (Fsp3) is 0.938. The monoisotopic (exact) mass is 716 g/mol. The van der Waals surface area contributed by atoms with Crippen LogP contribution in [0.15, 0.2) is 12.2 Å². The molecule has 0 amide bonds. The number of aliphatic hydroxyl groups excluding tert-OH is 3. The standard InChI is InChI=1S/C32H64N2O15/c1-38-8-9-40-12-13-42-16-17-44-20-21-46-24-25-48-28-29-49-27-26-47-23-22-45-19-18-43-15-14-41-11-10-39-7-5-33-30(35)4-6-34-31(36)2-3-32(34)37/h2-3,30-33,35-37H,4-29H2,1H3. The fourth-order valence-corrected chi connectivity index (χ4v) is 3.96. The first-order valence-electron chi connectivity index (χ1n) is 17.2. The van der Waals surface area contributed by atoms with Gasteiger partial charge >= 0.3 is 0 Å². The first kappa shape index (κ1) is 46.1. The molecular formula is C32H64N2O15. The minimum Gasteiger partial charge on any atom is -0.382 e. The second-order valence-electron chi connectivity index (χ2n) is 10.4. The molecule has 3 atom stereocenters. The Balaban J connectivity index is 1.64. The van der Waals surface area contributed by atoms with E-state index in [1.165, 1.54) is 17.1 Å². The Morgan fingerprint density at radius 3 is 1.02 bits per heavy atom. The molecule has 4 N–H and O–H groups in total. The number of nitrogens with zero attached hydrogens (tertiary/aromatic N) is 1. The maximum Gasteiger partial charge on any atom is 0.128 e. The third-order valence-electron chi connectivity index (χ3n) is 6.57. The van der Waals surface area contributed by atoms with E-state index in [0.717, 1.165) is 0 Å². The lowest BCUT2D eigenvalue weighted by molar-refractivity contribution is -0.0475. The summed E-state index contributed by atoms with van der Waals surface area (Å²) in [5.41, 5.74) is 0. The zero-order chi connectivity index (χ0) is 35.3. The molecule has 0 spiro atoms. The maximum atomic E-state index is 9.96. The molecule has 0 aromatic carbocycles. The van der Waals surface area contributed by atoms with Gasteiger partial charge in [-0.15, -0.1) is 0 Å². The fourth-order valence-electron chi connectivity index (χ4n) is 3.96. The molecule has 0 bridgehead atoms. The van der Waals surface area contributed by atoms with Crippen LogP contribution in [0.1, 0.15) is 6.42 Å². The highest BCUT2D eigenvalue weighted by molar-refractivity contribution is 5.01. The first-order chi connectivity index (χ1) is 24.1. The van der Waals surface area contributed by atoms with E-state index < -0.39 is 18.7 Å². The molecule has 0 saturated carbocycles. The lowest BCUT2D eigenvalue weighted by Gasteiger charge is -2.25. The molecule has 0 saturated heterocycles. The van der Waals surface area contributed by atoms with E-state index in [-0.39, 0.29) is 0 Å².